The van der Waals surface area contributed by atoms with Crippen LogP contribution in [0.25, 0.3) is 17.2 Å². The van der Waals surface area contributed by atoms with Crippen molar-refractivity contribution in [1.82, 2.24) is 29.4 Å². The van der Waals surface area contributed by atoms with Crippen LogP contribution in [0.3, 0.4) is 0 Å². The lowest BCUT2D eigenvalue weighted by Gasteiger charge is -2.36. The number of anilines is 2. The number of nitrogens with zero attached hydrogens (tertiary/aromatic N) is 7. The fraction of sp³-hybridized carbons (Fsp3) is 0.375. The number of fused-ring (bicyclic) bond motifs is 1. The lowest BCUT2D eigenvalue weighted by Crippen LogP contribution is -2.46. The second kappa shape index (κ2) is 9.78. The third-order valence-corrected chi connectivity index (χ3v) is 5.98. The van der Waals surface area contributed by atoms with Crippen molar-refractivity contribution in [2.24, 2.45) is 0 Å². The Bertz CT molecular complexity index is 1230. The molecule has 1 N–H and O–H groups in total. The molecule has 0 radical (unpaired) electrons. The summed E-state index contributed by atoms with van der Waals surface area (Å²) < 4.78 is 21.5. The molecule has 5 rings (SSSR count). The van der Waals surface area contributed by atoms with Crippen molar-refractivity contribution < 1.29 is 8.81 Å². The largest absolute Gasteiger partial charge is 0.461 e. The molecule has 0 saturated carbocycles. The first-order valence-corrected chi connectivity index (χ1v) is 11.5. The summed E-state index contributed by atoms with van der Waals surface area (Å²) in [4.78, 5) is 16.0. The van der Waals surface area contributed by atoms with Gasteiger partial charge in [-0.3, -0.25) is 4.90 Å². The van der Waals surface area contributed by atoms with Gasteiger partial charge in [-0.15, -0.1) is 5.10 Å². The van der Waals surface area contributed by atoms with Crippen LogP contribution < -0.4 is 10.2 Å². The number of nitrogens with one attached hydrogen (secondary N) is 1. The zero-order chi connectivity index (χ0) is 23.5. The Hall–Kier alpha value is -3.50. The van der Waals surface area contributed by atoms with Crippen LogP contribution in [0.5, 0.6) is 0 Å². The van der Waals surface area contributed by atoms with Gasteiger partial charge < -0.3 is 19.5 Å². The van der Waals surface area contributed by atoms with Gasteiger partial charge in [0, 0.05) is 57.6 Å². The number of rotatable bonds is 8. The highest BCUT2D eigenvalue weighted by atomic mass is 19.1. The zero-order valence-electron chi connectivity index (χ0n) is 19.5. The van der Waals surface area contributed by atoms with Crippen molar-refractivity contribution in [3.8, 4) is 11.6 Å². The highest BCUT2D eigenvalue weighted by Gasteiger charge is 2.22. The van der Waals surface area contributed by atoms with Crippen LogP contribution in [-0.4, -0.2) is 82.7 Å². The molecule has 1 fully saturated rings. The Labute approximate surface area is 197 Å². The predicted molar refractivity (Wildman–Crippen MR) is 129 cm³/mol. The van der Waals surface area contributed by atoms with E-state index >= 15 is 0 Å². The molecule has 1 aliphatic heterocycles. The van der Waals surface area contributed by atoms with E-state index in [4.69, 9.17) is 9.40 Å². The molecule has 1 aromatic carbocycles. The van der Waals surface area contributed by atoms with Gasteiger partial charge >= 0.3 is 0 Å². The van der Waals surface area contributed by atoms with Gasteiger partial charge in [-0.25, -0.2) is 14.4 Å². The van der Waals surface area contributed by atoms with E-state index in [1.54, 1.807) is 16.8 Å². The maximum absolute atomic E-state index is 14.2. The smallest absolute Gasteiger partial charge is 0.225 e. The topological polar surface area (TPSA) is 78.0 Å². The monoisotopic (exact) mass is 464 g/mol. The van der Waals surface area contributed by atoms with Crippen molar-refractivity contribution in [3.05, 3.63) is 60.2 Å². The number of hydrogen-bond acceptors (Lipinski definition) is 8. The van der Waals surface area contributed by atoms with E-state index < -0.39 is 0 Å². The summed E-state index contributed by atoms with van der Waals surface area (Å²) in [6.07, 6.45) is 3.49. The number of piperazine rings is 1. The molecular formula is C24H29FN8O. The van der Waals surface area contributed by atoms with E-state index in [1.165, 1.54) is 6.07 Å². The average molecular weight is 465 g/mol. The normalized spacial score (nSPS) is 14.9. The van der Waals surface area contributed by atoms with Crippen LogP contribution in [0.4, 0.5) is 16.0 Å². The van der Waals surface area contributed by atoms with Crippen LogP contribution in [0, 0.1) is 5.82 Å². The molecule has 34 heavy (non-hydrogen) atoms. The minimum atomic E-state index is -0.173. The van der Waals surface area contributed by atoms with E-state index in [-0.39, 0.29) is 5.82 Å². The molecule has 0 bridgehead atoms. The molecule has 0 spiro atoms. The summed E-state index contributed by atoms with van der Waals surface area (Å²) in [6, 6.07) is 10.6. The second-order valence-electron chi connectivity index (χ2n) is 8.70. The van der Waals surface area contributed by atoms with E-state index in [0.717, 1.165) is 50.5 Å². The fourth-order valence-electron chi connectivity index (χ4n) is 4.15. The molecule has 0 aliphatic carbocycles. The van der Waals surface area contributed by atoms with E-state index in [0.29, 0.717) is 29.8 Å². The Morgan fingerprint density at radius 3 is 2.65 bits per heavy atom. The minimum Gasteiger partial charge on any atom is -0.461 e. The van der Waals surface area contributed by atoms with Crippen LogP contribution in [0.15, 0.2) is 53.3 Å². The highest BCUT2D eigenvalue weighted by Crippen LogP contribution is 2.23. The van der Waals surface area contributed by atoms with Crippen molar-refractivity contribution >= 4 is 17.3 Å². The van der Waals surface area contributed by atoms with Gasteiger partial charge in [-0.2, -0.15) is 4.52 Å². The first-order chi connectivity index (χ1) is 16.6. The van der Waals surface area contributed by atoms with E-state index in [9.17, 15) is 4.39 Å². The van der Waals surface area contributed by atoms with Crippen LogP contribution >= 0.6 is 0 Å². The molecular weight excluding hydrogens is 435 g/mol. The first kappa shape index (κ1) is 22.3. The lowest BCUT2D eigenvalue weighted by molar-refractivity contribution is 0.249. The lowest BCUT2D eigenvalue weighted by atomic mass is 10.2. The summed E-state index contributed by atoms with van der Waals surface area (Å²) in [6.45, 7) is 5.47. The summed E-state index contributed by atoms with van der Waals surface area (Å²) in [5.41, 5.74) is 2.41. The molecule has 9 nitrogen and oxygen atoms in total. The molecule has 1 aliphatic rings. The Morgan fingerprint density at radius 2 is 1.91 bits per heavy atom. The third kappa shape index (κ3) is 4.73. The average Bonchev–Trinajstić information content (AvgIpc) is 3.52. The van der Waals surface area contributed by atoms with Crippen molar-refractivity contribution in [2.75, 3.05) is 63.6 Å². The van der Waals surface area contributed by atoms with Gasteiger partial charge in [0.05, 0.1) is 12.0 Å². The number of benzene rings is 1. The molecule has 1 saturated heterocycles. The van der Waals surface area contributed by atoms with Crippen molar-refractivity contribution in [3.63, 3.8) is 0 Å². The van der Waals surface area contributed by atoms with Crippen LogP contribution in [0.2, 0.25) is 0 Å². The summed E-state index contributed by atoms with van der Waals surface area (Å²) in [7, 11) is 4.06. The maximum Gasteiger partial charge on any atom is 0.225 e. The molecule has 10 heteroatoms. The second-order valence-corrected chi connectivity index (χ2v) is 8.70. The predicted octanol–water partition coefficient (Wildman–Crippen LogP) is 2.82. The van der Waals surface area contributed by atoms with Gasteiger partial charge in [0.25, 0.3) is 0 Å². The Balaban J connectivity index is 1.35. The van der Waals surface area contributed by atoms with Gasteiger partial charge in [0.2, 0.25) is 11.8 Å². The molecule has 4 heterocycles. The van der Waals surface area contributed by atoms with Gasteiger partial charge in [0.1, 0.15) is 5.82 Å². The Kier molecular flexibility index (Phi) is 6.41. The van der Waals surface area contributed by atoms with E-state index in [1.807, 2.05) is 44.6 Å². The molecule has 4 aromatic rings. The summed E-state index contributed by atoms with van der Waals surface area (Å²) >= 11 is 0. The fourth-order valence-corrected chi connectivity index (χ4v) is 4.15. The molecule has 0 unspecified atom stereocenters. The SMILES string of the molecule is CN(C)CCNc1ncc(CN2CCN(c3ccccc3F)CC2)c2nc(-c3ccco3)nn12. The molecule has 3 aromatic heterocycles. The van der Waals surface area contributed by atoms with Crippen LogP contribution in [-0.2, 0) is 6.54 Å². The van der Waals surface area contributed by atoms with Gasteiger partial charge in [-0.05, 0) is 38.4 Å². The van der Waals surface area contributed by atoms with Gasteiger partial charge in [-0.1, -0.05) is 12.1 Å². The van der Waals surface area contributed by atoms with E-state index in [2.05, 4.69) is 30.1 Å². The van der Waals surface area contributed by atoms with Crippen molar-refractivity contribution in [2.45, 2.75) is 6.54 Å². The molecule has 178 valence electrons. The third-order valence-electron chi connectivity index (χ3n) is 5.98. The summed E-state index contributed by atoms with van der Waals surface area (Å²) in [5.74, 6) is 1.62. The Morgan fingerprint density at radius 1 is 1.09 bits per heavy atom. The number of aromatic nitrogens is 4. The molecule has 0 amide bonds. The van der Waals surface area contributed by atoms with Crippen molar-refractivity contribution in [1.29, 1.82) is 0 Å². The minimum absolute atomic E-state index is 0.173. The summed E-state index contributed by atoms with van der Waals surface area (Å²) in [5, 5.41) is 8.03. The standard InChI is InChI=1S/C24H29FN8O/c1-30(2)10-9-26-24-27-16-18(23-28-22(29-33(23)24)21-8-5-15-34-21)17-31-11-13-32(14-12-31)20-7-4-3-6-19(20)25/h3-8,15-16H,9-14,17H2,1-2H3,(H,26,27). The number of hydrogen-bond donors (Lipinski definition) is 1. The number of para-hydroxylation sites is 1. The number of halogens is 1. The zero-order valence-corrected chi connectivity index (χ0v) is 19.5. The highest BCUT2D eigenvalue weighted by molar-refractivity contribution is 5.58. The van der Waals surface area contributed by atoms with Gasteiger partial charge in [0.15, 0.2) is 11.4 Å². The maximum atomic E-state index is 14.2. The number of furan rings is 1. The first-order valence-electron chi connectivity index (χ1n) is 11.5. The number of likely N-dealkylation sites (N-methyl/N-ethyl adjacent to an activating group) is 1. The quantitative estimate of drug-likeness (QED) is 0.427. The van der Waals surface area contributed by atoms with Crippen LogP contribution in [0.1, 0.15) is 5.56 Å². The molecule has 0 atom stereocenters.